The van der Waals surface area contributed by atoms with E-state index >= 15 is 0 Å². The number of nitrogens with zero attached hydrogens (tertiary/aromatic N) is 1. The Morgan fingerprint density at radius 2 is 2.04 bits per heavy atom. The van der Waals surface area contributed by atoms with Gasteiger partial charge in [0.25, 0.3) is 0 Å². The van der Waals surface area contributed by atoms with Crippen molar-refractivity contribution < 1.29 is 9.90 Å². The predicted octanol–water partition coefficient (Wildman–Crippen LogP) is 0.606. The van der Waals surface area contributed by atoms with Gasteiger partial charge in [-0.3, -0.25) is 10.2 Å². The zero-order chi connectivity index (χ0) is 16.8. The summed E-state index contributed by atoms with van der Waals surface area (Å²) < 4.78 is 0. The number of hydrazine groups is 1. The Morgan fingerprint density at radius 3 is 2.70 bits per heavy atom. The molecule has 0 bridgehead atoms. The first-order valence-corrected chi connectivity index (χ1v) is 9.18. The van der Waals surface area contributed by atoms with Gasteiger partial charge in [-0.25, -0.2) is 5.01 Å². The lowest BCUT2D eigenvalue weighted by Crippen LogP contribution is -2.48. The zero-order valence-electron chi connectivity index (χ0n) is 14.6. The average molecular weight is 326 g/mol. The van der Waals surface area contributed by atoms with Gasteiger partial charge in [0.05, 0.1) is 18.2 Å². The SMILES string of the molecule is CC(C)C(O)CC(N)C(=O)NC1CNN(CC2CCCCC2)C1. The number of hydrogen-bond donors (Lipinski definition) is 4. The average Bonchev–Trinajstić information content (AvgIpc) is 2.95. The molecule has 3 unspecified atom stereocenters. The van der Waals surface area contributed by atoms with Gasteiger partial charge in [0.1, 0.15) is 0 Å². The van der Waals surface area contributed by atoms with Crippen LogP contribution in [-0.2, 0) is 4.79 Å². The van der Waals surface area contributed by atoms with Gasteiger partial charge in [-0.05, 0) is 31.1 Å². The Labute approximate surface area is 140 Å². The summed E-state index contributed by atoms with van der Waals surface area (Å²) >= 11 is 0. The Hall–Kier alpha value is -0.690. The Balaban J connectivity index is 1.68. The number of aliphatic hydroxyl groups is 1. The largest absolute Gasteiger partial charge is 0.393 e. The van der Waals surface area contributed by atoms with Crippen molar-refractivity contribution in [3.05, 3.63) is 0 Å². The van der Waals surface area contributed by atoms with Gasteiger partial charge in [0.2, 0.25) is 5.91 Å². The van der Waals surface area contributed by atoms with E-state index in [-0.39, 0.29) is 17.9 Å². The lowest BCUT2D eigenvalue weighted by atomic mass is 9.89. The minimum atomic E-state index is -0.639. The minimum absolute atomic E-state index is 0.105. The fraction of sp³-hybridized carbons (Fsp3) is 0.941. The number of carbonyl (C=O) groups excluding carboxylic acids is 1. The van der Waals surface area contributed by atoms with Crippen molar-refractivity contribution in [2.75, 3.05) is 19.6 Å². The summed E-state index contributed by atoms with van der Waals surface area (Å²) in [5.41, 5.74) is 9.30. The second-order valence-corrected chi connectivity index (χ2v) is 7.63. The van der Waals surface area contributed by atoms with Crippen molar-refractivity contribution in [2.24, 2.45) is 17.6 Å². The molecule has 23 heavy (non-hydrogen) atoms. The quantitative estimate of drug-likeness (QED) is 0.550. The Kier molecular flexibility index (Phi) is 7.27. The molecular formula is C17H34N4O2. The van der Waals surface area contributed by atoms with E-state index in [2.05, 4.69) is 15.8 Å². The topological polar surface area (TPSA) is 90.6 Å². The highest BCUT2D eigenvalue weighted by molar-refractivity contribution is 5.81. The second kappa shape index (κ2) is 8.97. The molecule has 1 aliphatic carbocycles. The molecule has 2 aliphatic rings. The maximum absolute atomic E-state index is 12.2. The highest BCUT2D eigenvalue weighted by atomic mass is 16.3. The lowest BCUT2D eigenvalue weighted by molar-refractivity contribution is -0.123. The number of amides is 1. The van der Waals surface area contributed by atoms with Crippen LogP contribution in [0.3, 0.4) is 0 Å². The lowest BCUT2D eigenvalue weighted by Gasteiger charge is -2.26. The minimum Gasteiger partial charge on any atom is -0.393 e. The highest BCUT2D eigenvalue weighted by Crippen LogP contribution is 2.24. The Morgan fingerprint density at radius 1 is 1.35 bits per heavy atom. The van der Waals surface area contributed by atoms with E-state index in [1.165, 1.54) is 32.1 Å². The standard InChI is InChI=1S/C17H34N4O2/c1-12(2)16(22)8-15(18)17(23)20-14-9-19-21(11-14)10-13-6-4-3-5-7-13/h12-16,19,22H,3-11,18H2,1-2H3,(H,20,23). The predicted molar refractivity (Wildman–Crippen MR) is 91.5 cm³/mol. The van der Waals surface area contributed by atoms with E-state index in [0.717, 1.165) is 25.6 Å². The number of nitrogens with one attached hydrogen (secondary N) is 2. The van der Waals surface area contributed by atoms with Crippen LogP contribution in [0.5, 0.6) is 0 Å². The maximum atomic E-state index is 12.2. The van der Waals surface area contributed by atoms with Crippen LogP contribution in [0.1, 0.15) is 52.4 Å². The molecule has 0 aromatic carbocycles. The molecule has 134 valence electrons. The third-order valence-corrected chi connectivity index (χ3v) is 5.15. The number of carbonyl (C=O) groups is 1. The van der Waals surface area contributed by atoms with Crippen LogP contribution < -0.4 is 16.5 Å². The van der Waals surface area contributed by atoms with Crippen LogP contribution in [0, 0.1) is 11.8 Å². The first kappa shape index (κ1) is 18.6. The summed E-state index contributed by atoms with van der Waals surface area (Å²) in [6, 6.07) is -0.534. The van der Waals surface area contributed by atoms with Crippen LogP contribution in [0.4, 0.5) is 0 Å². The van der Waals surface area contributed by atoms with Crippen LogP contribution in [0.15, 0.2) is 0 Å². The molecule has 2 fully saturated rings. The van der Waals surface area contributed by atoms with Crippen molar-refractivity contribution in [1.29, 1.82) is 0 Å². The summed E-state index contributed by atoms with van der Waals surface area (Å²) in [7, 11) is 0. The van der Waals surface area contributed by atoms with Crippen molar-refractivity contribution in [3.63, 3.8) is 0 Å². The molecule has 5 N–H and O–H groups in total. The normalized spacial score (nSPS) is 26.4. The third kappa shape index (κ3) is 6.03. The summed E-state index contributed by atoms with van der Waals surface area (Å²) in [5.74, 6) is 0.748. The fourth-order valence-corrected chi connectivity index (χ4v) is 3.50. The molecular weight excluding hydrogens is 292 g/mol. The van der Waals surface area contributed by atoms with E-state index in [1.54, 1.807) is 0 Å². The van der Waals surface area contributed by atoms with Gasteiger partial charge >= 0.3 is 0 Å². The van der Waals surface area contributed by atoms with E-state index in [4.69, 9.17) is 5.73 Å². The molecule has 1 heterocycles. The Bertz CT molecular complexity index is 372. The summed E-state index contributed by atoms with van der Waals surface area (Å²) in [6.45, 7) is 6.53. The van der Waals surface area contributed by atoms with Gasteiger partial charge < -0.3 is 16.2 Å². The molecule has 1 aliphatic heterocycles. The smallest absolute Gasteiger partial charge is 0.237 e. The van der Waals surface area contributed by atoms with Gasteiger partial charge in [-0.2, -0.15) is 0 Å². The van der Waals surface area contributed by atoms with Gasteiger partial charge in [0, 0.05) is 19.6 Å². The molecule has 0 aromatic heterocycles. The number of hydrogen-bond acceptors (Lipinski definition) is 5. The van der Waals surface area contributed by atoms with Gasteiger partial charge in [-0.15, -0.1) is 0 Å². The first-order valence-electron chi connectivity index (χ1n) is 9.18. The van der Waals surface area contributed by atoms with Crippen molar-refractivity contribution in [3.8, 4) is 0 Å². The van der Waals surface area contributed by atoms with Crippen LogP contribution in [0.25, 0.3) is 0 Å². The van der Waals surface area contributed by atoms with E-state index < -0.39 is 12.1 Å². The molecule has 6 nitrogen and oxygen atoms in total. The molecule has 6 heteroatoms. The molecule has 0 radical (unpaired) electrons. The molecule has 2 rings (SSSR count). The number of rotatable bonds is 7. The van der Waals surface area contributed by atoms with Gasteiger partial charge in [-0.1, -0.05) is 33.1 Å². The maximum Gasteiger partial charge on any atom is 0.237 e. The van der Waals surface area contributed by atoms with Crippen LogP contribution in [0.2, 0.25) is 0 Å². The monoisotopic (exact) mass is 326 g/mol. The van der Waals surface area contributed by atoms with Crippen molar-refractivity contribution in [1.82, 2.24) is 15.8 Å². The first-order chi connectivity index (χ1) is 11.0. The van der Waals surface area contributed by atoms with E-state index in [9.17, 15) is 9.90 Å². The highest BCUT2D eigenvalue weighted by Gasteiger charge is 2.28. The van der Waals surface area contributed by atoms with E-state index in [1.807, 2.05) is 13.8 Å². The third-order valence-electron chi connectivity index (χ3n) is 5.15. The van der Waals surface area contributed by atoms with Crippen LogP contribution in [-0.4, -0.2) is 53.8 Å². The van der Waals surface area contributed by atoms with Gasteiger partial charge in [0.15, 0.2) is 0 Å². The van der Waals surface area contributed by atoms with Crippen molar-refractivity contribution in [2.45, 2.75) is 70.6 Å². The second-order valence-electron chi connectivity index (χ2n) is 7.63. The number of nitrogens with two attached hydrogens (primary N) is 1. The van der Waals surface area contributed by atoms with Crippen LogP contribution >= 0.6 is 0 Å². The summed E-state index contributed by atoms with van der Waals surface area (Å²) in [6.07, 6.45) is 6.52. The molecule has 0 spiro atoms. The molecule has 1 saturated carbocycles. The molecule has 1 amide bonds. The zero-order valence-corrected chi connectivity index (χ0v) is 14.6. The molecule has 0 aromatic rings. The summed E-state index contributed by atoms with van der Waals surface area (Å²) in [5, 5.41) is 15.1. The molecule has 3 atom stereocenters. The summed E-state index contributed by atoms with van der Waals surface area (Å²) in [4.78, 5) is 12.2. The van der Waals surface area contributed by atoms with E-state index in [0.29, 0.717) is 6.42 Å². The fourth-order valence-electron chi connectivity index (χ4n) is 3.50. The molecule has 1 saturated heterocycles. The van der Waals surface area contributed by atoms with Crippen molar-refractivity contribution >= 4 is 5.91 Å². The number of aliphatic hydroxyl groups excluding tert-OH is 1.